The summed E-state index contributed by atoms with van der Waals surface area (Å²) in [6.45, 7) is 3.79. The number of rotatable bonds is 8. The van der Waals surface area contributed by atoms with Crippen LogP contribution in [0.3, 0.4) is 0 Å². The van der Waals surface area contributed by atoms with Gasteiger partial charge < -0.3 is 49.9 Å². The molecule has 43 heavy (non-hydrogen) atoms. The number of hydrogen-bond acceptors (Lipinski definition) is 12. The number of amides is 3. The van der Waals surface area contributed by atoms with Crippen molar-refractivity contribution in [1.29, 1.82) is 0 Å². The monoisotopic (exact) mass is 609 g/mol. The normalized spacial score (nSPS) is 34.2. The van der Waals surface area contributed by atoms with Gasteiger partial charge in [-0.15, -0.1) is 0 Å². The van der Waals surface area contributed by atoms with E-state index in [0.29, 0.717) is 13.0 Å². The second-order valence-electron chi connectivity index (χ2n) is 11.1. The lowest BCUT2D eigenvalue weighted by Crippen LogP contribution is -2.54. The van der Waals surface area contributed by atoms with E-state index in [1.807, 2.05) is 0 Å². The Bertz CT molecular complexity index is 1390. The van der Waals surface area contributed by atoms with Crippen LogP contribution in [-0.4, -0.2) is 101 Å². The Labute approximate surface area is 244 Å². The number of nitrogens with zero attached hydrogens (tertiary/aromatic N) is 1. The van der Waals surface area contributed by atoms with E-state index in [1.165, 1.54) is 13.2 Å². The van der Waals surface area contributed by atoms with Gasteiger partial charge in [0, 0.05) is 25.9 Å². The van der Waals surface area contributed by atoms with Crippen LogP contribution in [0.4, 0.5) is 0 Å². The lowest BCUT2D eigenvalue weighted by molar-refractivity contribution is -0.241. The van der Waals surface area contributed by atoms with Crippen LogP contribution in [0.5, 0.6) is 0 Å². The fraction of sp³-hybridized carbons (Fsp3) is 0.654. The molecule has 0 unspecified atom stereocenters. The van der Waals surface area contributed by atoms with Crippen molar-refractivity contribution in [2.24, 2.45) is 5.73 Å². The first-order valence-corrected chi connectivity index (χ1v) is 13.8. The van der Waals surface area contributed by atoms with Gasteiger partial charge in [0.1, 0.15) is 30.5 Å². The number of carbonyl (C=O) groups excluding carboxylic acids is 3. The summed E-state index contributed by atoms with van der Waals surface area (Å²) in [5.74, 6) is -3.43. The molecule has 236 valence electrons. The molecule has 0 bridgehead atoms. The third kappa shape index (κ3) is 6.36. The van der Waals surface area contributed by atoms with Gasteiger partial charge in [0.25, 0.3) is 11.5 Å². The zero-order valence-corrected chi connectivity index (χ0v) is 23.7. The molecular formula is C26H35N5O12. The van der Waals surface area contributed by atoms with E-state index in [2.05, 4.69) is 15.6 Å². The number of nitrogens with two attached hydrogens (primary N) is 1. The van der Waals surface area contributed by atoms with Gasteiger partial charge in [-0.3, -0.25) is 28.7 Å². The molecule has 17 heteroatoms. The number of aliphatic hydroxyl groups excluding tert-OH is 1. The molecule has 0 aliphatic carbocycles. The van der Waals surface area contributed by atoms with Crippen LogP contribution in [0.1, 0.15) is 39.3 Å². The van der Waals surface area contributed by atoms with Crippen molar-refractivity contribution >= 4 is 17.7 Å². The van der Waals surface area contributed by atoms with E-state index >= 15 is 0 Å². The Hall–Kier alpha value is -3.61. The average molecular weight is 610 g/mol. The first kappa shape index (κ1) is 30.8. The second kappa shape index (κ2) is 12.2. The van der Waals surface area contributed by atoms with Gasteiger partial charge in [0.15, 0.2) is 30.0 Å². The molecule has 4 aliphatic heterocycles. The van der Waals surface area contributed by atoms with Crippen molar-refractivity contribution in [2.75, 3.05) is 13.7 Å². The molecule has 0 radical (unpaired) electrons. The van der Waals surface area contributed by atoms with Crippen LogP contribution in [0.15, 0.2) is 33.7 Å². The van der Waals surface area contributed by atoms with E-state index in [0.717, 1.165) is 29.7 Å². The van der Waals surface area contributed by atoms with Crippen molar-refractivity contribution in [1.82, 2.24) is 20.2 Å². The summed E-state index contributed by atoms with van der Waals surface area (Å²) >= 11 is 0. The van der Waals surface area contributed by atoms with Crippen molar-refractivity contribution < 1.29 is 47.9 Å². The summed E-state index contributed by atoms with van der Waals surface area (Å²) < 4.78 is 35.9. The molecule has 5 rings (SSSR count). The minimum absolute atomic E-state index is 0.235. The summed E-state index contributed by atoms with van der Waals surface area (Å²) in [7, 11) is 1.25. The molecule has 5 heterocycles. The lowest BCUT2D eigenvalue weighted by Gasteiger charge is -2.35. The molecule has 1 aromatic rings. The highest BCUT2D eigenvalue weighted by Gasteiger charge is 2.55. The van der Waals surface area contributed by atoms with Crippen LogP contribution in [0.2, 0.25) is 0 Å². The Morgan fingerprint density at radius 3 is 2.70 bits per heavy atom. The van der Waals surface area contributed by atoms with E-state index in [4.69, 9.17) is 34.2 Å². The minimum atomic E-state index is -1.66. The van der Waals surface area contributed by atoms with Gasteiger partial charge in [-0.05, 0) is 39.2 Å². The smallest absolute Gasteiger partial charge is 0.330 e. The number of fused-ring (bicyclic) bond motifs is 1. The van der Waals surface area contributed by atoms with E-state index in [9.17, 15) is 29.1 Å². The molecular weight excluding hydrogens is 574 g/mol. The summed E-state index contributed by atoms with van der Waals surface area (Å²) in [4.78, 5) is 64.4. The van der Waals surface area contributed by atoms with E-state index < -0.39 is 84.0 Å². The third-order valence-electron chi connectivity index (χ3n) is 7.56. The van der Waals surface area contributed by atoms with Crippen molar-refractivity contribution in [2.45, 2.75) is 94.1 Å². The highest BCUT2D eigenvalue weighted by Crippen LogP contribution is 2.38. The fourth-order valence-electron chi connectivity index (χ4n) is 5.58. The largest absolute Gasteiger partial charge is 0.456 e. The quantitative estimate of drug-likeness (QED) is 0.202. The van der Waals surface area contributed by atoms with Gasteiger partial charge in [0.05, 0.1) is 0 Å². The van der Waals surface area contributed by atoms with Crippen molar-refractivity contribution in [3.05, 3.63) is 44.9 Å². The number of ether oxygens (including phenoxy) is 6. The molecule has 3 amide bonds. The highest BCUT2D eigenvalue weighted by atomic mass is 16.8. The maximum atomic E-state index is 13.2. The lowest BCUT2D eigenvalue weighted by atomic mass is 10.0. The summed E-state index contributed by atoms with van der Waals surface area (Å²) in [5.41, 5.74) is 4.17. The standard InChI is InChI=1S/C26H35N5O12/c1-26(2)42-12-10-13(22(36)29-11-6-4-5-8-28-21(11)35)39-24(16(12)43-26)41-19(20(27)34)18-17(38-3)15(33)23(40-18)31-9-7-14(32)30-25(31)37/h7,9-12,15-19,23-24,33H,4-6,8H2,1-3H3,(H2,27,34)(H,28,35)(H,29,36)(H,30,32,37)/t11-,12-,15+,16-,17-,18-,19+,23+,24+/m0/s1. The molecule has 0 saturated carbocycles. The summed E-state index contributed by atoms with van der Waals surface area (Å²) in [6, 6.07) is 0.276. The van der Waals surface area contributed by atoms with Gasteiger partial charge >= 0.3 is 5.69 Å². The SMILES string of the molecule is CO[C@H]1[C@@H](O)[C@H](n2ccc(=O)[nH]c2=O)O[C@@H]1[C@@H](O[C@H]1OC(C(=O)N[C@H]2CCCCNC2=O)=C[C@@H]2OC(C)(C)O[C@H]12)C(N)=O. The minimum Gasteiger partial charge on any atom is -0.456 e. The molecule has 6 N–H and O–H groups in total. The number of methoxy groups -OCH3 is 1. The number of aromatic nitrogens is 2. The van der Waals surface area contributed by atoms with Crippen LogP contribution in [0.25, 0.3) is 0 Å². The van der Waals surface area contributed by atoms with E-state index in [1.54, 1.807) is 13.8 Å². The van der Waals surface area contributed by atoms with Gasteiger partial charge in [-0.1, -0.05) is 0 Å². The Morgan fingerprint density at radius 1 is 1.23 bits per heavy atom. The number of primary amides is 1. The number of hydrogen-bond donors (Lipinski definition) is 5. The molecule has 0 spiro atoms. The molecule has 3 fully saturated rings. The molecule has 17 nitrogen and oxygen atoms in total. The Kier molecular flexibility index (Phi) is 8.73. The predicted octanol–water partition coefficient (Wildman–Crippen LogP) is -2.77. The third-order valence-corrected chi connectivity index (χ3v) is 7.56. The van der Waals surface area contributed by atoms with Crippen LogP contribution >= 0.6 is 0 Å². The van der Waals surface area contributed by atoms with Gasteiger partial charge in [-0.25, -0.2) is 4.79 Å². The van der Waals surface area contributed by atoms with Crippen LogP contribution in [-0.2, 0) is 42.8 Å². The first-order valence-electron chi connectivity index (χ1n) is 13.8. The Balaban J connectivity index is 1.39. The number of carbonyl (C=O) groups is 3. The molecule has 1 aromatic heterocycles. The maximum Gasteiger partial charge on any atom is 0.330 e. The summed E-state index contributed by atoms with van der Waals surface area (Å²) in [5, 5.41) is 16.4. The van der Waals surface area contributed by atoms with Gasteiger partial charge in [-0.2, -0.15) is 0 Å². The predicted molar refractivity (Wildman–Crippen MR) is 142 cm³/mol. The van der Waals surface area contributed by atoms with Crippen LogP contribution < -0.4 is 27.6 Å². The highest BCUT2D eigenvalue weighted by molar-refractivity contribution is 5.95. The number of aliphatic hydroxyl groups is 1. The molecule has 3 saturated heterocycles. The van der Waals surface area contributed by atoms with Crippen LogP contribution in [0, 0.1) is 0 Å². The second-order valence-corrected chi connectivity index (χ2v) is 11.1. The molecule has 9 atom stereocenters. The number of nitrogens with one attached hydrogen (secondary N) is 3. The number of H-pyrrole nitrogens is 1. The Morgan fingerprint density at radius 2 is 2.00 bits per heavy atom. The summed E-state index contributed by atoms with van der Waals surface area (Å²) in [6.07, 6.45) is -5.97. The molecule has 4 aliphatic rings. The van der Waals surface area contributed by atoms with Gasteiger partial charge in [0.2, 0.25) is 18.1 Å². The zero-order chi connectivity index (χ0) is 31.1. The maximum absolute atomic E-state index is 13.2. The average Bonchev–Trinajstić information content (AvgIpc) is 3.35. The van der Waals surface area contributed by atoms with E-state index in [-0.39, 0.29) is 11.7 Å². The van der Waals surface area contributed by atoms with Crippen molar-refractivity contribution in [3.8, 4) is 0 Å². The topological polar surface area (TPSA) is 232 Å². The zero-order valence-electron chi connectivity index (χ0n) is 23.7. The first-order chi connectivity index (χ1) is 20.4. The fourth-order valence-corrected chi connectivity index (χ4v) is 5.58. The van der Waals surface area contributed by atoms with Crippen molar-refractivity contribution in [3.63, 3.8) is 0 Å². The number of aromatic amines is 1. The molecule has 0 aromatic carbocycles.